The second-order valence-corrected chi connectivity index (χ2v) is 6.82. The summed E-state index contributed by atoms with van der Waals surface area (Å²) >= 11 is 0. The maximum Gasteiger partial charge on any atom is 2.00 e. The minimum Gasteiger partial charge on any atom is -0.356 e. The molecular weight excluding hydrogens is 399 g/mol. The Balaban J connectivity index is -0.000000192. The van der Waals surface area contributed by atoms with Crippen molar-refractivity contribution in [1.82, 2.24) is 0 Å². The fourth-order valence-electron chi connectivity index (χ4n) is 2.51. The van der Waals surface area contributed by atoms with Gasteiger partial charge in [-0.2, -0.15) is 26.7 Å². The van der Waals surface area contributed by atoms with Crippen LogP contribution in [0.2, 0.25) is 0 Å². The van der Waals surface area contributed by atoms with Gasteiger partial charge in [0, 0.05) is 45.3 Å². The molecule has 28 heavy (non-hydrogen) atoms. The SMILES string of the molecule is C[CH-]CC(C)CCCOCOCC.C[CH-]CC(C)CCCOCOCC.[Cu+2].[Li]. The van der Waals surface area contributed by atoms with Gasteiger partial charge < -0.3 is 31.8 Å². The predicted molar refractivity (Wildman–Crippen MR) is 117 cm³/mol. The van der Waals surface area contributed by atoms with Crippen molar-refractivity contribution in [2.45, 2.75) is 80.1 Å². The molecule has 0 rings (SSSR count). The summed E-state index contributed by atoms with van der Waals surface area (Å²) in [6.45, 7) is 16.8. The Labute approximate surface area is 199 Å². The summed E-state index contributed by atoms with van der Waals surface area (Å²) < 4.78 is 20.7. The first-order valence-electron chi connectivity index (χ1n) is 10.5. The Kier molecular flexibility index (Phi) is 42.3. The minimum absolute atomic E-state index is 0. The van der Waals surface area contributed by atoms with Crippen LogP contribution in [0.25, 0.3) is 0 Å². The van der Waals surface area contributed by atoms with Crippen LogP contribution in [0, 0.1) is 24.7 Å². The van der Waals surface area contributed by atoms with Gasteiger partial charge in [0.05, 0.1) is 0 Å². The zero-order chi connectivity index (χ0) is 19.9. The summed E-state index contributed by atoms with van der Waals surface area (Å²) in [6.07, 6.45) is 11.7. The van der Waals surface area contributed by atoms with E-state index >= 15 is 0 Å². The Morgan fingerprint density at radius 2 is 1.04 bits per heavy atom. The molecule has 0 aromatic heterocycles. The Hall–Kier alpha value is 0.957. The normalized spacial score (nSPS) is 12.2. The van der Waals surface area contributed by atoms with E-state index in [0.717, 1.165) is 51.1 Å². The fourth-order valence-corrected chi connectivity index (χ4v) is 2.51. The van der Waals surface area contributed by atoms with Gasteiger partial charge >= 0.3 is 17.1 Å². The number of hydrogen-bond donors (Lipinski definition) is 0. The van der Waals surface area contributed by atoms with Crippen LogP contribution in [0.1, 0.15) is 80.1 Å². The first-order chi connectivity index (χ1) is 12.6. The summed E-state index contributed by atoms with van der Waals surface area (Å²) in [5, 5.41) is 0. The molecule has 0 aromatic rings. The number of ether oxygens (including phenoxy) is 4. The molecule has 2 unspecified atom stereocenters. The Morgan fingerprint density at radius 1 is 0.679 bits per heavy atom. The molecule has 0 aliphatic rings. The van der Waals surface area contributed by atoms with Crippen LogP contribution in [-0.4, -0.2) is 58.9 Å². The molecule has 0 spiro atoms. The summed E-state index contributed by atoms with van der Waals surface area (Å²) in [5.74, 6) is 1.58. The van der Waals surface area contributed by atoms with Crippen molar-refractivity contribution in [1.29, 1.82) is 0 Å². The van der Waals surface area contributed by atoms with Gasteiger partial charge in [0.15, 0.2) is 0 Å². The fraction of sp³-hybridized carbons (Fsp3) is 0.909. The van der Waals surface area contributed by atoms with Crippen molar-refractivity contribution < 1.29 is 36.0 Å². The van der Waals surface area contributed by atoms with Crippen LogP contribution in [0.5, 0.6) is 0 Å². The molecule has 170 valence electrons. The van der Waals surface area contributed by atoms with E-state index in [1.54, 1.807) is 0 Å². The summed E-state index contributed by atoms with van der Waals surface area (Å²) in [7, 11) is 0. The molecular formula is C22H46CuLiO4. The molecule has 6 heteroatoms. The van der Waals surface area contributed by atoms with Crippen LogP contribution in [0.15, 0.2) is 0 Å². The van der Waals surface area contributed by atoms with Crippen LogP contribution in [-0.2, 0) is 36.0 Å². The number of rotatable bonds is 18. The van der Waals surface area contributed by atoms with Crippen molar-refractivity contribution in [3.8, 4) is 0 Å². The number of hydrogen-bond acceptors (Lipinski definition) is 4. The third kappa shape index (κ3) is 34.5. The van der Waals surface area contributed by atoms with Crippen LogP contribution in [0.4, 0.5) is 0 Å². The van der Waals surface area contributed by atoms with Crippen molar-refractivity contribution in [3.63, 3.8) is 0 Å². The molecule has 4 nitrogen and oxygen atoms in total. The molecule has 0 amide bonds. The van der Waals surface area contributed by atoms with E-state index in [1.165, 1.54) is 25.7 Å². The summed E-state index contributed by atoms with van der Waals surface area (Å²) in [5.41, 5.74) is 0. The van der Waals surface area contributed by atoms with Gasteiger partial charge in [-0.1, -0.05) is 38.5 Å². The van der Waals surface area contributed by atoms with Gasteiger partial charge in [-0.15, -0.1) is 0 Å². The molecule has 0 aromatic carbocycles. The Morgan fingerprint density at radius 3 is 1.32 bits per heavy atom. The zero-order valence-electron chi connectivity index (χ0n) is 19.7. The van der Waals surface area contributed by atoms with Crippen LogP contribution < -0.4 is 0 Å². The molecule has 0 aliphatic carbocycles. The summed E-state index contributed by atoms with van der Waals surface area (Å²) in [6, 6.07) is 0. The summed E-state index contributed by atoms with van der Waals surface area (Å²) in [4.78, 5) is 0. The monoisotopic (exact) mass is 444 g/mol. The average Bonchev–Trinajstić information content (AvgIpc) is 2.62. The molecule has 0 N–H and O–H groups in total. The van der Waals surface area contributed by atoms with E-state index in [4.69, 9.17) is 18.9 Å². The van der Waals surface area contributed by atoms with E-state index in [1.807, 2.05) is 13.8 Å². The van der Waals surface area contributed by atoms with Crippen LogP contribution in [0.3, 0.4) is 0 Å². The smallest absolute Gasteiger partial charge is 0.356 e. The molecule has 0 saturated heterocycles. The van der Waals surface area contributed by atoms with Crippen molar-refractivity contribution >= 4 is 18.9 Å². The molecule has 0 bridgehead atoms. The third-order valence-corrected chi connectivity index (χ3v) is 3.99. The van der Waals surface area contributed by atoms with E-state index in [9.17, 15) is 0 Å². The molecule has 0 saturated carbocycles. The minimum atomic E-state index is 0. The molecule has 2 atom stereocenters. The van der Waals surface area contributed by atoms with Gasteiger partial charge in [0.25, 0.3) is 0 Å². The van der Waals surface area contributed by atoms with Crippen molar-refractivity contribution in [3.05, 3.63) is 12.8 Å². The standard InChI is InChI=1S/2C11H23O2.Cu.Li/c2*1-4-7-11(3)8-6-9-13-10-12-5-2;;/h2*4,11H,5-10H2,1-3H3;;/q2*-1;+2;. The first kappa shape index (κ1) is 36.3. The maximum absolute atomic E-state index is 5.27. The quantitative estimate of drug-likeness (QED) is 0.118. The van der Waals surface area contributed by atoms with Gasteiger partial charge in [-0.3, -0.25) is 0 Å². The second-order valence-electron chi connectivity index (χ2n) is 6.82. The van der Waals surface area contributed by atoms with E-state index < -0.39 is 0 Å². The molecule has 0 heterocycles. The van der Waals surface area contributed by atoms with Gasteiger partial charge in [-0.05, 0) is 26.7 Å². The third-order valence-electron chi connectivity index (χ3n) is 3.99. The van der Waals surface area contributed by atoms with Crippen LogP contribution >= 0.6 is 0 Å². The van der Waals surface area contributed by atoms with Crippen molar-refractivity contribution in [2.75, 3.05) is 40.0 Å². The van der Waals surface area contributed by atoms with E-state index in [0.29, 0.717) is 13.6 Å². The predicted octanol–water partition coefficient (Wildman–Crippen LogP) is 5.67. The Bertz CT molecular complexity index is 225. The second kappa shape index (κ2) is 32.6. The van der Waals surface area contributed by atoms with E-state index in [-0.39, 0.29) is 35.9 Å². The topological polar surface area (TPSA) is 36.9 Å². The molecule has 0 fully saturated rings. The van der Waals surface area contributed by atoms with Gasteiger partial charge in [0.2, 0.25) is 0 Å². The molecule has 2 radical (unpaired) electrons. The van der Waals surface area contributed by atoms with Gasteiger partial charge in [-0.25, -0.2) is 0 Å². The average molecular weight is 445 g/mol. The maximum atomic E-state index is 5.27. The first-order valence-corrected chi connectivity index (χ1v) is 10.5. The van der Waals surface area contributed by atoms with Crippen molar-refractivity contribution in [2.24, 2.45) is 11.8 Å². The van der Waals surface area contributed by atoms with Gasteiger partial charge in [0.1, 0.15) is 13.6 Å². The zero-order valence-corrected chi connectivity index (χ0v) is 20.7. The van der Waals surface area contributed by atoms with E-state index in [2.05, 4.69) is 40.5 Å². The largest absolute Gasteiger partial charge is 2.00 e. The molecule has 0 aliphatic heterocycles.